The zero-order valence-electron chi connectivity index (χ0n) is 12.0. The van der Waals surface area contributed by atoms with Crippen molar-refractivity contribution in [3.05, 3.63) is 54.6 Å². The lowest BCUT2D eigenvalue weighted by molar-refractivity contribution is -0.116. The van der Waals surface area contributed by atoms with Gasteiger partial charge in [0.1, 0.15) is 0 Å². The predicted octanol–water partition coefficient (Wildman–Crippen LogP) is 3.03. The van der Waals surface area contributed by atoms with Crippen LogP contribution in [0, 0.1) is 0 Å². The van der Waals surface area contributed by atoms with Crippen molar-refractivity contribution in [2.75, 3.05) is 15.8 Å². The molecule has 2 aromatic carbocycles. The smallest absolute Gasteiger partial charge is 0.242 e. The van der Waals surface area contributed by atoms with E-state index in [1.165, 1.54) is 18.9 Å². The van der Waals surface area contributed by atoms with Crippen LogP contribution in [-0.4, -0.2) is 11.8 Å². The molecule has 5 nitrogen and oxygen atoms in total. The number of benzene rings is 2. The zero-order valence-corrected chi connectivity index (χ0v) is 12.0. The molecule has 2 amide bonds. The van der Waals surface area contributed by atoms with E-state index in [-0.39, 0.29) is 11.8 Å². The van der Waals surface area contributed by atoms with Crippen molar-refractivity contribution in [3.63, 3.8) is 0 Å². The Labute approximate surface area is 123 Å². The van der Waals surface area contributed by atoms with E-state index in [0.717, 1.165) is 5.69 Å². The molecule has 0 aliphatic carbocycles. The Kier molecular flexibility index (Phi) is 4.56. The quantitative estimate of drug-likeness (QED) is 0.848. The van der Waals surface area contributed by atoms with Crippen LogP contribution in [-0.2, 0) is 9.59 Å². The Balaban J connectivity index is 2.18. The van der Waals surface area contributed by atoms with Gasteiger partial charge in [-0.15, -0.1) is 0 Å². The minimum Gasteiger partial charge on any atom is -0.326 e. The lowest BCUT2D eigenvalue weighted by atomic mass is 10.2. The maximum absolute atomic E-state index is 11.8. The molecule has 21 heavy (non-hydrogen) atoms. The fourth-order valence-corrected chi connectivity index (χ4v) is 1.86. The Morgan fingerprint density at radius 3 is 2.00 bits per heavy atom. The molecule has 0 saturated carbocycles. The number of para-hydroxylation sites is 1. The van der Waals surface area contributed by atoms with Crippen LogP contribution in [0.15, 0.2) is 54.6 Å². The first kappa shape index (κ1) is 14.6. The van der Waals surface area contributed by atoms with Gasteiger partial charge in [-0.2, -0.15) is 0 Å². The van der Waals surface area contributed by atoms with Crippen LogP contribution in [0.2, 0.25) is 0 Å². The molecule has 108 valence electrons. The highest BCUT2D eigenvalue weighted by Crippen LogP contribution is 2.19. The molecule has 0 bridgehead atoms. The van der Waals surface area contributed by atoms with Gasteiger partial charge in [-0.1, -0.05) is 18.2 Å². The molecular formula is C16H17N3O2. The van der Waals surface area contributed by atoms with Crippen LogP contribution in [0.3, 0.4) is 0 Å². The van der Waals surface area contributed by atoms with Gasteiger partial charge in [0.05, 0.1) is 11.4 Å². The van der Waals surface area contributed by atoms with Crippen molar-refractivity contribution in [1.82, 2.24) is 0 Å². The molecule has 0 unspecified atom stereocenters. The summed E-state index contributed by atoms with van der Waals surface area (Å²) in [4.78, 5) is 22.8. The average Bonchev–Trinajstić information content (AvgIpc) is 2.46. The monoisotopic (exact) mass is 283 g/mol. The van der Waals surface area contributed by atoms with Crippen molar-refractivity contribution in [1.29, 1.82) is 0 Å². The lowest BCUT2D eigenvalue weighted by Gasteiger charge is -2.23. The standard InChI is InChI=1S/C16H17N3O2/c1-12(20)17-14-8-10-16(11-9-14)19(13(2)21)18-15-6-4-3-5-7-15/h3-11,18H,1-2H3,(H,17,20). The van der Waals surface area contributed by atoms with Crippen LogP contribution in [0.25, 0.3) is 0 Å². The van der Waals surface area contributed by atoms with Crippen molar-refractivity contribution in [2.45, 2.75) is 13.8 Å². The molecule has 0 aliphatic heterocycles. The van der Waals surface area contributed by atoms with Crippen molar-refractivity contribution in [3.8, 4) is 0 Å². The van der Waals surface area contributed by atoms with Gasteiger partial charge >= 0.3 is 0 Å². The predicted molar refractivity (Wildman–Crippen MR) is 84.0 cm³/mol. The van der Waals surface area contributed by atoms with Gasteiger partial charge in [0.2, 0.25) is 11.8 Å². The van der Waals surface area contributed by atoms with Crippen LogP contribution in [0.4, 0.5) is 17.1 Å². The first-order chi connectivity index (χ1) is 10.1. The van der Waals surface area contributed by atoms with Crippen LogP contribution in [0.5, 0.6) is 0 Å². The second-order valence-corrected chi connectivity index (χ2v) is 4.56. The maximum Gasteiger partial charge on any atom is 0.242 e. The minimum atomic E-state index is -0.133. The van der Waals surface area contributed by atoms with Crippen molar-refractivity contribution >= 4 is 28.9 Å². The van der Waals surface area contributed by atoms with Crippen molar-refractivity contribution < 1.29 is 9.59 Å². The zero-order chi connectivity index (χ0) is 15.2. The molecule has 2 rings (SSSR count). The molecule has 0 heterocycles. The molecule has 0 fully saturated rings. The highest BCUT2D eigenvalue weighted by atomic mass is 16.2. The summed E-state index contributed by atoms with van der Waals surface area (Å²) in [6, 6.07) is 16.5. The Morgan fingerprint density at radius 2 is 1.48 bits per heavy atom. The number of amides is 2. The van der Waals surface area contributed by atoms with Gasteiger partial charge in [0.25, 0.3) is 0 Å². The fourth-order valence-electron chi connectivity index (χ4n) is 1.86. The van der Waals surface area contributed by atoms with Crippen LogP contribution in [0.1, 0.15) is 13.8 Å². The first-order valence-electron chi connectivity index (χ1n) is 6.56. The van der Waals surface area contributed by atoms with Gasteiger partial charge in [-0.3, -0.25) is 15.0 Å². The number of hydrogen-bond donors (Lipinski definition) is 2. The van der Waals surface area contributed by atoms with Gasteiger partial charge < -0.3 is 5.32 Å². The molecule has 0 aliphatic rings. The molecule has 0 radical (unpaired) electrons. The average molecular weight is 283 g/mol. The van der Waals surface area contributed by atoms with E-state index < -0.39 is 0 Å². The third-order valence-electron chi connectivity index (χ3n) is 2.78. The Hall–Kier alpha value is -2.82. The maximum atomic E-state index is 11.8. The van der Waals surface area contributed by atoms with E-state index in [0.29, 0.717) is 11.4 Å². The molecule has 2 aromatic rings. The van der Waals surface area contributed by atoms with Gasteiger partial charge in [0, 0.05) is 19.5 Å². The number of hydrazine groups is 1. The number of hydrogen-bond acceptors (Lipinski definition) is 3. The second kappa shape index (κ2) is 6.56. The molecule has 0 spiro atoms. The summed E-state index contributed by atoms with van der Waals surface area (Å²) >= 11 is 0. The summed E-state index contributed by atoms with van der Waals surface area (Å²) in [6.45, 7) is 2.93. The van der Waals surface area contributed by atoms with E-state index in [4.69, 9.17) is 0 Å². The molecule has 5 heteroatoms. The van der Waals surface area contributed by atoms with Gasteiger partial charge in [-0.05, 0) is 36.4 Å². The summed E-state index contributed by atoms with van der Waals surface area (Å²) in [6.07, 6.45) is 0. The number of carbonyl (C=O) groups excluding carboxylic acids is 2. The molecule has 2 N–H and O–H groups in total. The highest BCUT2D eigenvalue weighted by Gasteiger charge is 2.11. The Bertz CT molecular complexity index is 624. The number of nitrogens with zero attached hydrogens (tertiary/aromatic N) is 1. The van der Waals surface area contributed by atoms with E-state index in [1.54, 1.807) is 24.3 Å². The minimum absolute atomic E-state index is 0.131. The molecule has 0 aromatic heterocycles. The van der Waals surface area contributed by atoms with Crippen molar-refractivity contribution in [2.24, 2.45) is 0 Å². The lowest BCUT2D eigenvalue weighted by Crippen LogP contribution is -2.34. The van der Waals surface area contributed by atoms with Crippen LogP contribution >= 0.6 is 0 Å². The second-order valence-electron chi connectivity index (χ2n) is 4.56. The van der Waals surface area contributed by atoms with E-state index >= 15 is 0 Å². The van der Waals surface area contributed by atoms with Crippen LogP contribution < -0.4 is 15.8 Å². The number of anilines is 3. The number of nitrogens with one attached hydrogen (secondary N) is 2. The summed E-state index contributed by atoms with van der Waals surface area (Å²) in [5, 5.41) is 4.14. The van der Waals surface area contributed by atoms with Gasteiger partial charge in [-0.25, -0.2) is 5.01 Å². The topological polar surface area (TPSA) is 61.4 Å². The summed E-state index contributed by atoms with van der Waals surface area (Å²) in [5.74, 6) is -0.264. The highest BCUT2D eigenvalue weighted by molar-refractivity contribution is 5.94. The van der Waals surface area contributed by atoms with Gasteiger partial charge in [0.15, 0.2) is 0 Å². The number of rotatable bonds is 4. The number of carbonyl (C=O) groups is 2. The summed E-state index contributed by atoms with van der Waals surface area (Å²) in [7, 11) is 0. The summed E-state index contributed by atoms with van der Waals surface area (Å²) in [5.41, 5.74) is 5.25. The SMILES string of the molecule is CC(=O)Nc1ccc(N(Nc2ccccc2)C(C)=O)cc1. The third kappa shape index (κ3) is 4.07. The first-order valence-corrected chi connectivity index (χ1v) is 6.56. The fraction of sp³-hybridized carbons (Fsp3) is 0.125. The largest absolute Gasteiger partial charge is 0.326 e. The van der Waals surface area contributed by atoms with E-state index in [9.17, 15) is 9.59 Å². The molecule has 0 atom stereocenters. The normalized spacial score (nSPS) is 9.81. The molecular weight excluding hydrogens is 266 g/mol. The Morgan fingerprint density at radius 1 is 0.857 bits per heavy atom. The van der Waals surface area contributed by atoms with E-state index in [2.05, 4.69) is 10.7 Å². The molecule has 0 saturated heterocycles. The summed E-state index contributed by atoms with van der Waals surface area (Å²) < 4.78 is 0. The van der Waals surface area contributed by atoms with E-state index in [1.807, 2.05) is 30.3 Å². The third-order valence-corrected chi connectivity index (χ3v) is 2.78.